The van der Waals surface area contributed by atoms with Crippen LogP contribution in [0, 0.1) is 5.92 Å². The molecule has 1 fully saturated rings. The van der Waals surface area contributed by atoms with E-state index in [1.807, 2.05) is 0 Å². The molecule has 2 amide bonds. The number of anilines is 1. The van der Waals surface area contributed by atoms with Crippen molar-refractivity contribution >= 4 is 17.5 Å². The smallest absolute Gasteiger partial charge is 0.243 e. The van der Waals surface area contributed by atoms with E-state index in [-0.39, 0.29) is 24.3 Å². The van der Waals surface area contributed by atoms with Gasteiger partial charge in [0.25, 0.3) is 0 Å². The topological polar surface area (TPSA) is 67.4 Å². The SMILES string of the molecule is COc1ccc(NC(=O)CNC(=O)C2CC2)cc1. The van der Waals surface area contributed by atoms with Crippen molar-refractivity contribution in [1.29, 1.82) is 0 Å². The Hall–Kier alpha value is -2.04. The van der Waals surface area contributed by atoms with Crippen molar-refractivity contribution in [2.24, 2.45) is 5.92 Å². The van der Waals surface area contributed by atoms with Gasteiger partial charge in [-0.05, 0) is 37.1 Å². The average Bonchev–Trinajstić information content (AvgIpc) is 3.21. The van der Waals surface area contributed by atoms with Crippen molar-refractivity contribution in [2.45, 2.75) is 12.8 Å². The van der Waals surface area contributed by atoms with Gasteiger partial charge in [-0.15, -0.1) is 0 Å². The summed E-state index contributed by atoms with van der Waals surface area (Å²) in [7, 11) is 1.58. The van der Waals surface area contributed by atoms with Crippen LogP contribution in [0.3, 0.4) is 0 Å². The van der Waals surface area contributed by atoms with Gasteiger partial charge in [-0.25, -0.2) is 0 Å². The molecule has 1 saturated carbocycles. The zero-order valence-electron chi connectivity index (χ0n) is 10.2. The summed E-state index contributed by atoms with van der Waals surface area (Å²) in [5.41, 5.74) is 0.682. The van der Waals surface area contributed by atoms with Crippen LogP contribution in [0.25, 0.3) is 0 Å². The van der Waals surface area contributed by atoms with Crippen LogP contribution in [0.1, 0.15) is 12.8 Å². The summed E-state index contributed by atoms with van der Waals surface area (Å²) in [5.74, 6) is 0.600. The van der Waals surface area contributed by atoms with Crippen LogP contribution >= 0.6 is 0 Å². The van der Waals surface area contributed by atoms with Crippen LogP contribution in [0.2, 0.25) is 0 Å². The van der Waals surface area contributed by atoms with Gasteiger partial charge in [0.1, 0.15) is 5.75 Å². The highest BCUT2D eigenvalue weighted by Gasteiger charge is 2.29. The molecule has 0 unspecified atom stereocenters. The molecule has 18 heavy (non-hydrogen) atoms. The van der Waals surface area contributed by atoms with Crippen LogP contribution in [-0.4, -0.2) is 25.5 Å². The molecule has 0 aromatic heterocycles. The van der Waals surface area contributed by atoms with E-state index in [1.165, 1.54) is 0 Å². The Morgan fingerprint density at radius 1 is 1.28 bits per heavy atom. The minimum absolute atomic E-state index is 0.0152. The third-order valence-electron chi connectivity index (χ3n) is 2.75. The number of hydrogen-bond donors (Lipinski definition) is 2. The first kappa shape index (κ1) is 12.4. The fourth-order valence-electron chi connectivity index (χ4n) is 1.54. The first-order chi connectivity index (χ1) is 8.69. The summed E-state index contributed by atoms with van der Waals surface area (Å²) in [5, 5.41) is 5.31. The van der Waals surface area contributed by atoms with Crippen molar-refractivity contribution in [3.63, 3.8) is 0 Å². The van der Waals surface area contributed by atoms with Gasteiger partial charge >= 0.3 is 0 Å². The lowest BCUT2D eigenvalue weighted by Gasteiger charge is -2.07. The number of rotatable bonds is 5. The lowest BCUT2D eigenvalue weighted by atomic mass is 10.3. The summed E-state index contributed by atoms with van der Waals surface area (Å²) in [6, 6.07) is 7.02. The second-order valence-electron chi connectivity index (χ2n) is 4.27. The molecule has 1 aliphatic rings. The Kier molecular flexibility index (Phi) is 3.82. The molecule has 2 rings (SSSR count). The molecule has 2 N–H and O–H groups in total. The van der Waals surface area contributed by atoms with E-state index in [0.29, 0.717) is 5.69 Å². The number of carbonyl (C=O) groups excluding carboxylic acids is 2. The minimum atomic E-state index is -0.228. The maximum Gasteiger partial charge on any atom is 0.243 e. The number of benzene rings is 1. The Bertz CT molecular complexity index is 438. The zero-order chi connectivity index (χ0) is 13.0. The van der Waals surface area contributed by atoms with Crippen LogP contribution in [0.4, 0.5) is 5.69 Å². The van der Waals surface area contributed by atoms with E-state index in [4.69, 9.17) is 4.74 Å². The molecular weight excluding hydrogens is 232 g/mol. The van der Waals surface area contributed by atoms with E-state index < -0.39 is 0 Å². The third kappa shape index (κ3) is 3.48. The van der Waals surface area contributed by atoms with Gasteiger partial charge in [0, 0.05) is 11.6 Å². The fraction of sp³-hybridized carbons (Fsp3) is 0.385. The zero-order valence-corrected chi connectivity index (χ0v) is 10.2. The highest BCUT2D eigenvalue weighted by molar-refractivity contribution is 5.95. The molecule has 1 aromatic carbocycles. The van der Waals surface area contributed by atoms with Gasteiger partial charge in [0.2, 0.25) is 11.8 Å². The van der Waals surface area contributed by atoms with E-state index >= 15 is 0 Å². The molecule has 0 saturated heterocycles. The molecule has 5 nitrogen and oxygen atoms in total. The van der Waals surface area contributed by atoms with Gasteiger partial charge in [-0.3, -0.25) is 9.59 Å². The largest absolute Gasteiger partial charge is 0.497 e. The number of amides is 2. The summed E-state index contributed by atoms with van der Waals surface area (Å²) in [6.07, 6.45) is 1.87. The number of methoxy groups -OCH3 is 1. The first-order valence-corrected chi connectivity index (χ1v) is 5.90. The number of hydrogen-bond acceptors (Lipinski definition) is 3. The van der Waals surface area contributed by atoms with Gasteiger partial charge in [0.05, 0.1) is 13.7 Å². The van der Waals surface area contributed by atoms with Crippen molar-refractivity contribution in [1.82, 2.24) is 5.32 Å². The normalized spacial score (nSPS) is 13.8. The Balaban J connectivity index is 1.77. The maximum atomic E-state index is 11.6. The molecule has 0 radical (unpaired) electrons. The van der Waals surface area contributed by atoms with Crippen molar-refractivity contribution in [3.8, 4) is 5.75 Å². The van der Waals surface area contributed by atoms with Crippen molar-refractivity contribution in [3.05, 3.63) is 24.3 Å². The van der Waals surface area contributed by atoms with Crippen LogP contribution in [0.15, 0.2) is 24.3 Å². The maximum absolute atomic E-state index is 11.6. The highest BCUT2D eigenvalue weighted by Crippen LogP contribution is 2.28. The molecule has 0 heterocycles. The summed E-state index contributed by atoms with van der Waals surface area (Å²) < 4.78 is 5.02. The van der Waals surface area contributed by atoms with Gasteiger partial charge < -0.3 is 15.4 Å². The average molecular weight is 248 g/mol. The van der Waals surface area contributed by atoms with E-state index in [9.17, 15) is 9.59 Å². The molecule has 5 heteroatoms. The van der Waals surface area contributed by atoms with Crippen molar-refractivity contribution in [2.75, 3.05) is 19.0 Å². The number of carbonyl (C=O) groups is 2. The quantitative estimate of drug-likeness (QED) is 0.821. The summed E-state index contributed by atoms with van der Waals surface area (Å²) in [6.45, 7) is 0.0152. The molecule has 0 spiro atoms. The first-order valence-electron chi connectivity index (χ1n) is 5.90. The predicted octanol–water partition coefficient (Wildman–Crippen LogP) is 1.16. The van der Waals surface area contributed by atoms with Crippen LogP contribution in [0.5, 0.6) is 5.75 Å². The highest BCUT2D eigenvalue weighted by atomic mass is 16.5. The van der Waals surface area contributed by atoms with E-state index in [1.54, 1.807) is 31.4 Å². The monoisotopic (exact) mass is 248 g/mol. The lowest BCUT2D eigenvalue weighted by Crippen LogP contribution is -2.33. The molecule has 1 aromatic rings. The third-order valence-corrected chi connectivity index (χ3v) is 2.75. The summed E-state index contributed by atoms with van der Waals surface area (Å²) >= 11 is 0. The second kappa shape index (κ2) is 5.53. The second-order valence-corrected chi connectivity index (χ2v) is 4.27. The Morgan fingerprint density at radius 3 is 2.50 bits per heavy atom. The molecule has 0 atom stereocenters. The van der Waals surface area contributed by atoms with E-state index in [2.05, 4.69) is 10.6 Å². The summed E-state index contributed by atoms with van der Waals surface area (Å²) in [4.78, 5) is 22.9. The van der Waals surface area contributed by atoms with Gasteiger partial charge in [-0.1, -0.05) is 0 Å². The van der Waals surface area contributed by atoms with Gasteiger partial charge in [0.15, 0.2) is 0 Å². The van der Waals surface area contributed by atoms with Crippen molar-refractivity contribution < 1.29 is 14.3 Å². The molecule has 0 bridgehead atoms. The Labute approximate surface area is 106 Å². The molecule has 1 aliphatic carbocycles. The minimum Gasteiger partial charge on any atom is -0.497 e. The fourth-order valence-corrected chi connectivity index (χ4v) is 1.54. The van der Waals surface area contributed by atoms with Gasteiger partial charge in [-0.2, -0.15) is 0 Å². The van der Waals surface area contributed by atoms with Crippen LogP contribution < -0.4 is 15.4 Å². The standard InChI is InChI=1S/C13H16N2O3/c1-18-11-6-4-10(5-7-11)15-12(16)8-14-13(17)9-2-3-9/h4-7,9H,2-3,8H2,1H3,(H,14,17)(H,15,16). The molecular formula is C13H16N2O3. The number of nitrogens with one attached hydrogen (secondary N) is 2. The molecule has 96 valence electrons. The molecule has 0 aliphatic heterocycles. The number of ether oxygens (including phenoxy) is 1. The van der Waals surface area contributed by atoms with Crippen LogP contribution in [-0.2, 0) is 9.59 Å². The lowest BCUT2D eigenvalue weighted by molar-refractivity contribution is -0.125. The predicted molar refractivity (Wildman–Crippen MR) is 67.4 cm³/mol. The Morgan fingerprint density at radius 2 is 1.94 bits per heavy atom. The van der Waals surface area contributed by atoms with E-state index in [0.717, 1.165) is 18.6 Å².